The molecule has 2 aromatic carbocycles. The van der Waals surface area contributed by atoms with Crippen LogP contribution in [0.4, 0.5) is 0 Å². The number of benzene rings is 2. The Kier molecular flexibility index (Phi) is 8.88. The van der Waals surface area contributed by atoms with E-state index in [1.807, 2.05) is 32.9 Å². The van der Waals surface area contributed by atoms with Crippen LogP contribution in [0.2, 0.25) is 0 Å². The van der Waals surface area contributed by atoms with E-state index in [0.717, 1.165) is 21.5 Å². The predicted octanol–water partition coefficient (Wildman–Crippen LogP) is 6.02. The van der Waals surface area contributed by atoms with E-state index in [9.17, 15) is 0 Å². The van der Waals surface area contributed by atoms with Gasteiger partial charge in [-0.2, -0.15) is 0 Å². The van der Waals surface area contributed by atoms with E-state index in [2.05, 4.69) is 41.1 Å². The van der Waals surface area contributed by atoms with Crippen LogP contribution >= 0.6 is 15.9 Å². The maximum atomic E-state index is 5.16. The lowest BCUT2D eigenvalue weighted by atomic mass is 10.1. The van der Waals surface area contributed by atoms with Crippen molar-refractivity contribution in [1.29, 1.82) is 0 Å². The zero-order chi connectivity index (χ0) is 16.0. The van der Waals surface area contributed by atoms with Crippen LogP contribution in [0.15, 0.2) is 34.8 Å². The Balaban J connectivity index is 0.000000385. The van der Waals surface area contributed by atoms with Gasteiger partial charge in [-0.1, -0.05) is 35.5 Å². The monoisotopic (exact) mass is 366 g/mol. The molecule has 0 aliphatic carbocycles. The van der Waals surface area contributed by atoms with Gasteiger partial charge in [0, 0.05) is 4.47 Å². The molecule has 0 unspecified atom stereocenters. The molecular formula is C19H27BrO2. The van der Waals surface area contributed by atoms with Gasteiger partial charge in [0.15, 0.2) is 0 Å². The fourth-order valence-electron chi connectivity index (χ4n) is 1.90. The molecule has 0 atom stereocenters. The number of hydrogen-bond acceptors (Lipinski definition) is 2. The van der Waals surface area contributed by atoms with E-state index >= 15 is 0 Å². The van der Waals surface area contributed by atoms with Crippen molar-refractivity contribution in [2.45, 2.75) is 35.1 Å². The molecule has 0 bridgehead atoms. The summed E-state index contributed by atoms with van der Waals surface area (Å²) in [7, 11) is 3.39. The van der Waals surface area contributed by atoms with Gasteiger partial charge in [-0.25, -0.2) is 0 Å². The van der Waals surface area contributed by atoms with Crippen molar-refractivity contribution in [2.75, 3.05) is 14.2 Å². The SMILES string of the molecule is C.COc1cc(C)c(Br)cc1C.COc1cc(C)ccc1C. The van der Waals surface area contributed by atoms with Crippen LogP contribution in [-0.2, 0) is 0 Å². The molecule has 3 heteroatoms. The highest BCUT2D eigenvalue weighted by molar-refractivity contribution is 9.10. The van der Waals surface area contributed by atoms with Crippen molar-refractivity contribution in [3.8, 4) is 11.5 Å². The Morgan fingerprint density at radius 2 is 1.27 bits per heavy atom. The summed E-state index contributed by atoms with van der Waals surface area (Å²) >= 11 is 3.45. The molecule has 0 spiro atoms. The normalized spacial score (nSPS) is 9.23. The quantitative estimate of drug-likeness (QED) is 0.646. The molecule has 0 N–H and O–H groups in total. The number of hydrogen-bond donors (Lipinski definition) is 0. The predicted molar refractivity (Wildman–Crippen MR) is 99.4 cm³/mol. The molecule has 0 saturated carbocycles. The molecular weight excluding hydrogens is 340 g/mol. The lowest BCUT2D eigenvalue weighted by molar-refractivity contribution is 0.411. The number of ether oxygens (including phenoxy) is 2. The van der Waals surface area contributed by atoms with E-state index in [0.29, 0.717) is 0 Å². The highest BCUT2D eigenvalue weighted by atomic mass is 79.9. The van der Waals surface area contributed by atoms with Crippen LogP contribution in [0.25, 0.3) is 0 Å². The summed E-state index contributed by atoms with van der Waals surface area (Å²) in [6.45, 7) is 8.18. The third-order valence-electron chi connectivity index (χ3n) is 3.24. The molecule has 0 radical (unpaired) electrons. The molecule has 2 nitrogen and oxygen atoms in total. The van der Waals surface area contributed by atoms with E-state index in [1.54, 1.807) is 14.2 Å². The lowest BCUT2D eigenvalue weighted by Gasteiger charge is -2.06. The molecule has 0 aromatic heterocycles. The van der Waals surface area contributed by atoms with Gasteiger partial charge < -0.3 is 9.47 Å². The maximum absolute atomic E-state index is 5.16. The third kappa shape index (κ3) is 5.72. The van der Waals surface area contributed by atoms with Gasteiger partial charge in [0.25, 0.3) is 0 Å². The summed E-state index contributed by atoms with van der Waals surface area (Å²) in [5.41, 5.74) is 4.79. The van der Waals surface area contributed by atoms with Crippen molar-refractivity contribution in [2.24, 2.45) is 0 Å². The van der Waals surface area contributed by atoms with Crippen molar-refractivity contribution < 1.29 is 9.47 Å². The zero-order valence-corrected chi connectivity index (χ0v) is 15.2. The minimum Gasteiger partial charge on any atom is -0.496 e. The second kappa shape index (κ2) is 9.52. The van der Waals surface area contributed by atoms with Crippen LogP contribution in [0.3, 0.4) is 0 Å². The molecule has 2 aromatic rings. The van der Waals surface area contributed by atoms with Crippen LogP contribution in [-0.4, -0.2) is 14.2 Å². The second-order valence-corrected chi connectivity index (χ2v) is 5.90. The van der Waals surface area contributed by atoms with E-state index in [-0.39, 0.29) is 7.43 Å². The summed E-state index contributed by atoms with van der Waals surface area (Å²) in [5.74, 6) is 1.92. The van der Waals surface area contributed by atoms with Crippen molar-refractivity contribution in [1.82, 2.24) is 0 Å². The van der Waals surface area contributed by atoms with Crippen molar-refractivity contribution in [3.05, 3.63) is 57.1 Å². The molecule has 0 amide bonds. The van der Waals surface area contributed by atoms with Crippen LogP contribution in [0.1, 0.15) is 29.7 Å². The Morgan fingerprint density at radius 3 is 1.77 bits per heavy atom. The molecule has 0 fully saturated rings. The summed E-state index contributed by atoms with van der Waals surface area (Å²) in [6, 6.07) is 10.3. The molecule has 0 aliphatic heterocycles. The smallest absolute Gasteiger partial charge is 0.122 e. The lowest BCUT2D eigenvalue weighted by Crippen LogP contribution is -1.88. The minimum absolute atomic E-state index is 0. The highest BCUT2D eigenvalue weighted by Crippen LogP contribution is 2.25. The fraction of sp³-hybridized carbons (Fsp3) is 0.368. The van der Waals surface area contributed by atoms with Crippen molar-refractivity contribution in [3.63, 3.8) is 0 Å². The molecule has 0 saturated heterocycles. The topological polar surface area (TPSA) is 18.5 Å². The Bertz CT molecular complexity index is 607. The van der Waals surface area contributed by atoms with E-state index in [4.69, 9.17) is 9.47 Å². The largest absolute Gasteiger partial charge is 0.496 e. The Hall–Kier alpha value is -1.48. The first-order valence-electron chi connectivity index (χ1n) is 6.81. The number of rotatable bonds is 2. The van der Waals surface area contributed by atoms with Gasteiger partial charge in [0.1, 0.15) is 11.5 Å². The van der Waals surface area contributed by atoms with E-state index in [1.165, 1.54) is 16.7 Å². The van der Waals surface area contributed by atoms with Crippen LogP contribution in [0, 0.1) is 27.7 Å². The molecule has 2 rings (SSSR count). The van der Waals surface area contributed by atoms with Gasteiger partial charge in [-0.05, 0) is 68.1 Å². The molecule has 0 heterocycles. The van der Waals surface area contributed by atoms with Gasteiger partial charge in [-0.15, -0.1) is 0 Å². The Morgan fingerprint density at radius 1 is 0.727 bits per heavy atom. The second-order valence-electron chi connectivity index (χ2n) is 5.04. The van der Waals surface area contributed by atoms with Gasteiger partial charge in [0.2, 0.25) is 0 Å². The molecule has 0 aliphatic rings. The summed E-state index contributed by atoms with van der Waals surface area (Å²) in [5, 5.41) is 0. The zero-order valence-electron chi connectivity index (χ0n) is 13.6. The average molecular weight is 367 g/mol. The third-order valence-corrected chi connectivity index (χ3v) is 4.09. The van der Waals surface area contributed by atoms with Gasteiger partial charge in [0.05, 0.1) is 14.2 Å². The number of aryl methyl sites for hydroxylation is 4. The first-order chi connectivity index (χ1) is 9.88. The first-order valence-corrected chi connectivity index (χ1v) is 7.60. The van der Waals surface area contributed by atoms with Crippen molar-refractivity contribution >= 4 is 15.9 Å². The van der Waals surface area contributed by atoms with Gasteiger partial charge in [-0.3, -0.25) is 0 Å². The summed E-state index contributed by atoms with van der Waals surface area (Å²) < 4.78 is 11.4. The minimum atomic E-state index is 0. The summed E-state index contributed by atoms with van der Waals surface area (Å²) in [6.07, 6.45) is 0. The van der Waals surface area contributed by atoms with E-state index < -0.39 is 0 Å². The average Bonchev–Trinajstić information content (AvgIpc) is 2.46. The first kappa shape index (κ1) is 20.5. The number of halogens is 1. The molecule has 122 valence electrons. The molecule has 22 heavy (non-hydrogen) atoms. The van der Waals surface area contributed by atoms with Crippen LogP contribution in [0.5, 0.6) is 11.5 Å². The number of methoxy groups -OCH3 is 2. The highest BCUT2D eigenvalue weighted by Gasteiger charge is 2.01. The van der Waals surface area contributed by atoms with Gasteiger partial charge >= 0.3 is 0 Å². The standard InChI is InChI=1S/C9H11BrO.C9H12O.CH4/c1-6-5-9(11-3)7(2)4-8(6)10;1-7-4-5-8(2)9(6-7)10-3;/h4-5H,1-3H3;4-6H,1-3H3;1H4. The maximum Gasteiger partial charge on any atom is 0.122 e. The van der Waals surface area contributed by atoms with Crippen LogP contribution < -0.4 is 9.47 Å². The Labute approximate surface area is 143 Å². The summed E-state index contributed by atoms with van der Waals surface area (Å²) in [4.78, 5) is 0. The fourth-order valence-corrected chi connectivity index (χ4v) is 2.36.